The van der Waals surface area contributed by atoms with Crippen molar-refractivity contribution in [3.63, 3.8) is 0 Å². The predicted octanol–water partition coefficient (Wildman–Crippen LogP) is 9.42. The normalized spacial score (nSPS) is 22.2. The van der Waals surface area contributed by atoms with E-state index >= 15 is 4.79 Å². The van der Waals surface area contributed by atoms with E-state index in [4.69, 9.17) is 9.47 Å². The molecule has 10 nitrogen and oxygen atoms in total. The van der Waals surface area contributed by atoms with Gasteiger partial charge in [0.1, 0.15) is 16.4 Å². The zero-order chi connectivity index (χ0) is 42.8. The number of pyridine rings is 1. The number of piperidine rings is 2. The van der Waals surface area contributed by atoms with E-state index in [0.29, 0.717) is 55.3 Å². The summed E-state index contributed by atoms with van der Waals surface area (Å²) in [6.45, 7) is 7.73. The van der Waals surface area contributed by atoms with Crippen LogP contribution in [-0.4, -0.2) is 81.8 Å². The van der Waals surface area contributed by atoms with Gasteiger partial charge in [0.05, 0.1) is 34.2 Å². The molecule has 1 aromatic carbocycles. The van der Waals surface area contributed by atoms with Gasteiger partial charge in [0.25, 0.3) is 11.8 Å². The van der Waals surface area contributed by atoms with Gasteiger partial charge in [0.15, 0.2) is 0 Å². The maximum absolute atomic E-state index is 15.1. The van der Waals surface area contributed by atoms with Gasteiger partial charge >= 0.3 is 18.3 Å². The van der Waals surface area contributed by atoms with Crippen molar-refractivity contribution in [2.75, 3.05) is 19.6 Å². The first-order chi connectivity index (χ1) is 27.9. The van der Waals surface area contributed by atoms with E-state index in [1.807, 2.05) is 25.1 Å². The number of carbonyl (C=O) groups is 3. The highest BCUT2D eigenvalue weighted by Crippen LogP contribution is 2.48. The highest BCUT2D eigenvalue weighted by atomic mass is 32.1. The van der Waals surface area contributed by atoms with Crippen LogP contribution in [0, 0.1) is 5.41 Å². The van der Waals surface area contributed by atoms with Crippen LogP contribution in [0.3, 0.4) is 0 Å². The minimum Gasteiger partial charge on any atom is -0.490 e. The Hall–Kier alpha value is -4.67. The van der Waals surface area contributed by atoms with Crippen molar-refractivity contribution in [1.82, 2.24) is 14.8 Å². The van der Waals surface area contributed by atoms with Crippen LogP contribution in [0.5, 0.6) is 11.5 Å². The minimum absolute atomic E-state index is 0.0181. The lowest BCUT2D eigenvalue weighted by Gasteiger charge is -2.51. The number of ether oxygens (including phenoxy) is 2. The molecular formula is C42H48F6N4O6S. The Morgan fingerprint density at radius 1 is 1.02 bits per heavy atom. The van der Waals surface area contributed by atoms with E-state index in [0.717, 1.165) is 35.8 Å². The minimum atomic E-state index is -4.89. The Balaban J connectivity index is 1.29. The van der Waals surface area contributed by atoms with Gasteiger partial charge in [-0.3, -0.25) is 24.4 Å². The first-order valence-electron chi connectivity index (χ1n) is 19.8. The van der Waals surface area contributed by atoms with E-state index in [1.54, 1.807) is 13.0 Å². The summed E-state index contributed by atoms with van der Waals surface area (Å²) in [6, 6.07) is 7.66. The van der Waals surface area contributed by atoms with Crippen molar-refractivity contribution >= 4 is 35.8 Å². The number of benzene rings is 1. The maximum Gasteiger partial charge on any atom is 0.425 e. The summed E-state index contributed by atoms with van der Waals surface area (Å²) >= 11 is 0.383. The van der Waals surface area contributed by atoms with Gasteiger partial charge in [-0.15, -0.1) is 11.3 Å². The van der Waals surface area contributed by atoms with Gasteiger partial charge in [-0.25, -0.2) is 0 Å². The Bertz CT molecular complexity index is 2010. The number of carboxylic acid groups (broad SMARTS) is 1. The van der Waals surface area contributed by atoms with Crippen molar-refractivity contribution in [3.8, 4) is 11.5 Å². The summed E-state index contributed by atoms with van der Waals surface area (Å²) in [7, 11) is 0. The lowest BCUT2D eigenvalue weighted by atomic mass is 9.66. The first kappa shape index (κ1) is 43.9. The molecule has 320 valence electrons. The van der Waals surface area contributed by atoms with Crippen molar-refractivity contribution < 1.29 is 55.3 Å². The maximum atomic E-state index is 15.1. The van der Waals surface area contributed by atoms with Crippen molar-refractivity contribution in [1.29, 1.82) is 0 Å². The lowest BCUT2D eigenvalue weighted by molar-refractivity contribution is -0.161. The van der Waals surface area contributed by atoms with E-state index in [9.17, 15) is 41.0 Å². The number of likely N-dealkylation sites (tertiary alicyclic amines) is 2. The van der Waals surface area contributed by atoms with Gasteiger partial charge < -0.3 is 24.4 Å². The second-order valence-corrected chi connectivity index (χ2v) is 16.8. The SMILES string of the molecule is C=NC1(c2ccccc2OC(C)CCC2(C(=O)O)CCC2)CCN(C(=O)[C@]2(Oc3csc(C(F)(F)F)c3)CCCN(C(=O)c3cnccc3C(F)(F)F)[C@@H]2CCC)CC1. The highest BCUT2D eigenvalue weighted by molar-refractivity contribution is 7.10. The zero-order valence-electron chi connectivity index (χ0n) is 32.9. The standard InChI is InChI=1S/C42H48F6N4O6S/c1-4-9-33-40(58-28-24-34(59-26-28)42(46,47)48,16-8-21-52(33)35(53)29-25-50-20-13-30(29)41(43,44)45)36(54)51-22-18-39(49-3,19-23-51)31-10-5-6-11-32(31)57-27(2)12-17-38(37(55)56)14-7-15-38/h5-6,10-11,13,20,24-27,33H,3-4,7-9,12,14-19,21-23H2,1-2H3,(H,55,56)/t27?,33-,40+/m1/s1. The molecule has 2 saturated heterocycles. The van der Waals surface area contributed by atoms with Crippen LogP contribution in [0.4, 0.5) is 26.3 Å². The van der Waals surface area contributed by atoms with Gasteiger partial charge in [0, 0.05) is 55.5 Å². The lowest BCUT2D eigenvalue weighted by Crippen LogP contribution is -2.68. The zero-order valence-corrected chi connectivity index (χ0v) is 33.7. The van der Waals surface area contributed by atoms with E-state index in [2.05, 4.69) is 16.7 Å². The number of alkyl halides is 6. The van der Waals surface area contributed by atoms with Crippen molar-refractivity contribution in [3.05, 3.63) is 75.7 Å². The Morgan fingerprint density at radius 3 is 2.32 bits per heavy atom. The molecule has 3 aromatic rings. The van der Waals surface area contributed by atoms with Crippen molar-refractivity contribution in [2.24, 2.45) is 10.4 Å². The molecule has 4 heterocycles. The molecule has 2 amide bonds. The third-order valence-corrected chi connectivity index (χ3v) is 13.2. The molecule has 1 N–H and O–H groups in total. The van der Waals surface area contributed by atoms with Crippen LogP contribution in [0.1, 0.15) is 111 Å². The quantitative estimate of drug-likeness (QED) is 0.127. The largest absolute Gasteiger partial charge is 0.490 e. The second kappa shape index (κ2) is 17.1. The van der Waals surface area contributed by atoms with Crippen LogP contribution < -0.4 is 9.47 Å². The number of para-hydroxylation sites is 1. The van der Waals surface area contributed by atoms with Crippen LogP contribution in [0.2, 0.25) is 0 Å². The molecule has 17 heteroatoms. The number of nitrogens with zero attached hydrogens (tertiary/aromatic N) is 4. The van der Waals surface area contributed by atoms with Crippen LogP contribution in [0.25, 0.3) is 0 Å². The molecule has 0 spiro atoms. The number of hydrogen-bond acceptors (Lipinski definition) is 8. The summed E-state index contributed by atoms with van der Waals surface area (Å²) in [5.74, 6) is -2.11. The van der Waals surface area contributed by atoms with Gasteiger partial charge in [-0.1, -0.05) is 38.0 Å². The third kappa shape index (κ3) is 8.80. The number of thiophene rings is 1. The second-order valence-electron chi connectivity index (χ2n) is 15.8. The van der Waals surface area contributed by atoms with E-state index in [-0.39, 0.29) is 63.6 Å². The smallest absolute Gasteiger partial charge is 0.425 e. The molecule has 59 heavy (non-hydrogen) atoms. The number of aliphatic carboxylic acids is 1. The molecule has 0 bridgehead atoms. The monoisotopic (exact) mass is 850 g/mol. The number of aromatic nitrogens is 1. The number of carboxylic acids is 1. The number of amides is 2. The first-order valence-corrected chi connectivity index (χ1v) is 20.7. The van der Waals surface area contributed by atoms with Crippen LogP contribution in [-0.2, 0) is 27.5 Å². The molecule has 0 radical (unpaired) electrons. The third-order valence-electron chi connectivity index (χ3n) is 12.2. The van der Waals surface area contributed by atoms with E-state index in [1.165, 1.54) is 9.80 Å². The number of carbonyl (C=O) groups excluding carboxylic acids is 2. The Labute approximate surface area is 342 Å². The summed E-state index contributed by atoms with van der Waals surface area (Å²) in [5.41, 5.74) is -4.79. The summed E-state index contributed by atoms with van der Waals surface area (Å²) < 4.78 is 96.6. The molecule has 3 aliphatic rings. The fourth-order valence-electron chi connectivity index (χ4n) is 8.85. The number of rotatable bonds is 14. The average molecular weight is 851 g/mol. The molecule has 2 aliphatic heterocycles. The molecule has 1 saturated carbocycles. The molecule has 1 aliphatic carbocycles. The molecule has 6 rings (SSSR count). The Kier molecular flexibility index (Phi) is 12.7. The van der Waals surface area contributed by atoms with Gasteiger partial charge in [0.2, 0.25) is 5.60 Å². The molecule has 3 atom stereocenters. The van der Waals surface area contributed by atoms with Crippen LogP contribution >= 0.6 is 11.3 Å². The van der Waals surface area contributed by atoms with Crippen LogP contribution in [0.15, 0.2) is 59.2 Å². The summed E-state index contributed by atoms with van der Waals surface area (Å²) in [5, 5.41) is 10.9. The fraction of sp³-hybridized carbons (Fsp3) is 0.548. The summed E-state index contributed by atoms with van der Waals surface area (Å²) in [6.07, 6.45) is -3.94. The van der Waals surface area contributed by atoms with Crippen molar-refractivity contribution in [2.45, 2.75) is 120 Å². The molecule has 3 fully saturated rings. The number of aliphatic imine (C=N–C) groups is 1. The summed E-state index contributed by atoms with van der Waals surface area (Å²) in [4.78, 5) is 51.3. The average Bonchev–Trinajstić information content (AvgIpc) is 3.67. The van der Waals surface area contributed by atoms with E-state index < -0.39 is 68.7 Å². The molecule has 1 unspecified atom stereocenters. The fourth-order valence-corrected chi connectivity index (χ4v) is 9.52. The highest BCUT2D eigenvalue weighted by Gasteiger charge is 2.57. The molecular weight excluding hydrogens is 803 g/mol. The Morgan fingerprint density at radius 2 is 1.73 bits per heavy atom. The topological polar surface area (TPSA) is 122 Å². The number of hydrogen-bond donors (Lipinski definition) is 1. The predicted molar refractivity (Wildman–Crippen MR) is 208 cm³/mol. The molecule has 2 aromatic heterocycles. The van der Waals surface area contributed by atoms with Gasteiger partial charge in [-0.2, -0.15) is 26.3 Å². The van der Waals surface area contributed by atoms with Gasteiger partial charge in [-0.05, 0) is 77.1 Å². The number of halogens is 6.